The van der Waals surface area contributed by atoms with Gasteiger partial charge >= 0.3 is 0 Å². The lowest BCUT2D eigenvalue weighted by atomic mass is 10.1. The van der Waals surface area contributed by atoms with Gasteiger partial charge in [-0.3, -0.25) is 0 Å². The highest BCUT2D eigenvalue weighted by atomic mass is 31.2. The molecule has 0 nitrogen and oxygen atoms in total. The summed E-state index contributed by atoms with van der Waals surface area (Å²) in [5.74, 6) is 0. The van der Waals surface area contributed by atoms with Crippen molar-refractivity contribution < 1.29 is 0 Å². The lowest BCUT2D eigenvalue weighted by Crippen LogP contribution is -2.11. The summed E-state index contributed by atoms with van der Waals surface area (Å²) in [6.45, 7) is 9.51. The number of rotatable bonds is 18. The molecule has 0 unspecified atom stereocenters. The van der Waals surface area contributed by atoms with Crippen LogP contribution in [0.15, 0.2) is 0 Å². The van der Waals surface area contributed by atoms with Crippen molar-refractivity contribution >= 4 is 7.26 Å². The Morgan fingerprint density at radius 2 is 0.696 bits per heavy atom. The van der Waals surface area contributed by atoms with Crippen LogP contribution >= 0.6 is 7.26 Å². The molecule has 1 heteroatoms. The molecule has 0 aromatic heterocycles. The summed E-state index contributed by atoms with van der Waals surface area (Å²) >= 11 is 0. The number of hydrogen-bond donors (Lipinski definition) is 0. The van der Waals surface area contributed by atoms with Crippen molar-refractivity contribution in [3.63, 3.8) is 0 Å². The average Bonchev–Trinajstić information content (AvgIpc) is 2.58. The zero-order valence-electron chi connectivity index (χ0n) is 17.2. The third-order valence-corrected chi connectivity index (χ3v) is 10.8. The van der Waals surface area contributed by atoms with Crippen LogP contribution in [0.2, 0.25) is 0 Å². The van der Waals surface area contributed by atoms with Crippen LogP contribution < -0.4 is 0 Å². The van der Waals surface area contributed by atoms with Gasteiger partial charge in [-0.05, 0) is 45.4 Å². The van der Waals surface area contributed by atoms with Crippen molar-refractivity contribution in [1.29, 1.82) is 0 Å². The predicted octanol–water partition coefficient (Wildman–Crippen LogP) is 8.55. The van der Waals surface area contributed by atoms with Crippen LogP contribution in [-0.4, -0.2) is 24.6 Å². The van der Waals surface area contributed by atoms with E-state index >= 15 is 0 Å². The van der Waals surface area contributed by atoms with Gasteiger partial charge in [0.15, 0.2) is 0 Å². The molecule has 0 rings (SSSR count). The smallest absolute Gasteiger partial charge is 0.0594 e. The van der Waals surface area contributed by atoms with Crippen LogP contribution in [0, 0.1) is 0 Å². The van der Waals surface area contributed by atoms with Crippen molar-refractivity contribution in [2.45, 2.75) is 118 Å². The molecule has 23 heavy (non-hydrogen) atoms. The van der Waals surface area contributed by atoms with Crippen molar-refractivity contribution in [3.8, 4) is 0 Å². The number of hydrogen-bond acceptors (Lipinski definition) is 0. The molecule has 0 saturated carbocycles. The minimum Gasteiger partial charge on any atom is -0.0654 e. The van der Waals surface area contributed by atoms with Gasteiger partial charge in [-0.2, -0.15) is 0 Å². The fourth-order valence-corrected chi connectivity index (χ4v) is 8.09. The fraction of sp³-hybridized carbons (Fsp3) is 1.00. The van der Waals surface area contributed by atoms with E-state index in [-0.39, 0.29) is 0 Å². The Morgan fingerprint density at radius 1 is 0.391 bits per heavy atom. The molecule has 0 atom stereocenters. The monoisotopic (exact) mass is 343 g/mol. The van der Waals surface area contributed by atoms with E-state index in [1.54, 1.807) is 18.5 Å². The molecule has 140 valence electrons. The lowest BCUT2D eigenvalue weighted by Gasteiger charge is -2.27. The van der Waals surface area contributed by atoms with E-state index in [1.807, 2.05) is 0 Å². The molecule has 0 saturated heterocycles. The van der Waals surface area contributed by atoms with E-state index in [1.165, 1.54) is 96.1 Å². The van der Waals surface area contributed by atoms with Gasteiger partial charge in [0.25, 0.3) is 0 Å². The van der Waals surface area contributed by atoms with Gasteiger partial charge < -0.3 is 0 Å². The van der Waals surface area contributed by atoms with Crippen LogP contribution in [0.3, 0.4) is 0 Å². The van der Waals surface area contributed by atoms with E-state index in [0.29, 0.717) is 0 Å². The molecule has 0 aromatic carbocycles. The van der Waals surface area contributed by atoms with Gasteiger partial charge in [0.05, 0.1) is 24.6 Å². The molecule has 0 amide bonds. The maximum atomic E-state index is 2.52. The van der Waals surface area contributed by atoms with Gasteiger partial charge in [0, 0.05) is 7.26 Å². The third-order valence-electron chi connectivity index (χ3n) is 5.63. The fourth-order valence-electron chi connectivity index (χ4n) is 3.79. The minimum atomic E-state index is -0.613. The first-order valence-corrected chi connectivity index (χ1v) is 13.6. The highest BCUT2D eigenvalue weighted by molar-refractivity contribution is 7.75. The van der Waals surface area contributed by atoms with Gasteiger partial charge in [-0.15, -0.1) is 0 Å². The summed E-state index contributed by atoms with van der Waals surface area (Å²) in [6.07, 6.45) is 26.9. The third kappa shape index (κ3) is 13.4. The predicted molar refractivity (Wildman–Crippen MR) is 114 cm³/mol. The maximum absolute atomic E-state index is 2.52. The topological polar surface area (TPSA) is 0 Å². The summed E-state index contributed by atoms with van der Waals surface area (Å²) in [5, 5.41) is 0. The van der Waals surface area contributed by atoms with E-state index in [2.05, 4.69) is 27.7 Å². The minimum absolute atomic E-state index is 0.613. The van der Waals surface area contributed by atoms with Gasteiger partial charge in [0.2, 0.25) is 0 Å². The van der Waals surface area contributed by atoms with Gasteiger partial charge in [-0.25, -0.2) is 0 Å². The summed E-state index contributed by atoms with van der Waals surface area (Å²) in [6, 6.07) is 0. The zero-order valence-corrected chi connectivity index (χ0v) is 18.1. The second-order valence-electron chi connectivity index (χ2n) is 7.72. The molecule has 0 heterocycles. The van der Waals surface area contributed by atoms with Crippen LogP contribution in [0.4, 0.5) is 0 Å². The SMILES string of the molecule is CCCCCCCC[P+](CC)(CCCCCC)CCCCCC. The molecular weight excluding hydrogens is 295 g/mol. The molecule has 0 radical (unpaired) electrons. The molecule has 0 N–H and O–H groups in total. The second kappa shape index (κ2) is 17.3. The largest absolute Gasteiger partial charge is 0.0654 e. The molecule has 0 aliphatic rings. The first-order valence-electron chi connectivity index (χ1n) is 11.1. The lowest BCUT2D eigenvalue weighted by molar-refractivity contribution is 0.624. The Balaban J connectivity index is 4.19. The Kier molecular flexibility index (Phi) is 17.6. The molecule has 0 aliphatic heterocycles. The quantitative estimate of drug-likeness (QED) is 0.173. The van der Waals surface area contributed by atoms with E-state index < -0.39 is 7.26 Å². The second-order valence-corrected chi connectivity index (χ2v) is 12.4. The molecule has 0 bridgehead atoms. The van der Waals surface area contributed by atoms with Crippen LogP contribution in [-0.2, 0) is 0 Å². The average molecular weight is 344 g/mol. The maximum Gasteiger partial charge on any atom is 0.0594 e. The Bertz CT molecular complexity index is 212. The van der Waals surface area contributed by atoms with Crippen LogP contribution in [0.5, 0.6) is 0 Å². The number of unbranched alkanes of at least 4 members (excludes halogenated alkanes) is 11. The van der Waals surface area contributed by atoms with Gasteiger partial charge in [0.1, 0.15) is 0 Å². The van der Waals surface area contributed by atoms with Gasteiger partial charge in [-0.1, -0.05) is 72.1 Å². The molecule has 0 aliphatic carbocycles. The Morgan fingerprint density at radius 3 is 1.04 bits per heavy atom. The summed E-state index contributed by atoms with van der Waals surface area (Å²) in [7, 11) is -0.613. The van der Waals surface area contributed by atoms with E-state index in [4.69, 9.17) is 0 Å². The van der Waals surface area contributed by atoms with Crippen molar-refractivity contribution in [3.05, 3.63) is 0 Å². The van der Waals surface area contributed by atoms with E-state index in [0.717, 1.165) is 0 Å². The molecule has 0 fully saturated rings. The van der Waals surface area contributed by atoms with Crippen LogP contribution in [0.1, 0.15) is 118 Å². The molecule has 0 aromatic rings. The van der Waals surface area contributed by atoms with Crippen LogP contribution in [0.25, 0.3) is 0 Å². The normalized spacial score (nSPS) is 12.0. The standard InChI is InChI=1S/C22H48P/c1-5-9-12-15-16-19-22-23(8-4,20-17-13-10-6-2)21-18-14-11-7-3/h5-22H2,1-4H3/q+1. The molecular formula is C22H48P+. The van der Waals surface area contributed by atoms with Crippen molar-refractivity contribution in [1.82, 2.24) is 0 Å². The highest BCUT2D eigenvalue weighted by Crippen LogP contribution is 2.60. The molecule has 0 spiro atoms. The Labute approximate surface area is 149 Å². The first kappa shape index (κ1) is 23.4. The van der Waals surface area contributed by atoms with E-state index in [9.17, 15) is 0 Å². The Hall–Kier alpha value is 0.430. The van der Waals surface area contributed by atoms with Crippen molar-refractivity contribution in [2.24, 2.45) is 0 Å². The summed E-state index contributed by atoms with van der Waals surface area (Å²) < 4.78 is 0. The van der Waals surface area contributed by atoms with Crippen molar-refractivity contribution in [2.75, 3.05) is 24.6 Å². The zero-order chi connectivity index (χ0) is 17.2. The highest BCUT2D eigenvalue weighted by Gasteiger charge is 2.33. The first-order chi connectivity index (χ1) is 11.2. The summed E-state index contributed by atoms with van der Waals surface area (Å²) in [5.41, 5.74) is 0. The summed E-state index contributed by atoms with van der Waals surface area (Å²) in [4.78, 5) is 0.